The molecule has 2 atom stereocenters. The van der Waals surface area contributed by atoms with Crippen LogP contribution in [0.5, 0.6) is 5.75 Å². The number of likely N-dealkylation sites (tertiary alicyclic amines) is 1. The third kappa shape index (κ3) is 7.84. The fourth-order valence-electron chi connectivity index (χ4n) is 8.84. The molecule has 15 heteroatoms. The number of benzene rings is 2. The van der Waals surface area contributed by atoms with Crippen LogP contribution in [0.4, 0.5) is 11.4 Å². The number of hydrogen-bond acceptors (Lipinski definition) is 12. The van der Waals surface area contributed by atoms with E-state index in [1.165, 1.54) is 17.7 Å². The first kappa shape index (κ1) is 37.9. The Kier molecular flexibility index (Phi) is 11.0. The van der Waals surface area contributed by atoms with E-state index in [-0.39, 0.29) is 24.7 Å². The number of aliphatic hydroxyl groups is 1. The van der Waals surface area contributed by atoms with Crippen molar-refractivity contribution < 1.29 is 29.0 Å². The number of amides is 4. The molecular formula is C41H48N8O6S. The summed E-state index contributed by atoms with van der Waals surface area (Å²) in [6.45, 7) is 5.79. The minimum atomic E-state index is -1.25. The number of ether oxygens (including phenoxy) is 1. The highest BCUT2D eigenvalue weighted by Crippen LogP contribution is 2.42. The number of piperidine rings is 2. The van der Waals surface area contributed by atoms with E-state index in [0.717, 1.165) is 73.5 Å². The van der Waals surface area contributed by atoms with Gasteiger partial charge in [0.2, 0.25) is 11.8 Å². The van der Waals surface area contributed by atoms with E-state index in [9.17, 15) is 24.3 Å². The van der Waals surface area contributed by atoms with Gasteiger partial charge < -0.3 is 25.4 Å². The molecule has 0 radical (unpaired) electrons. The zero-order chi connectivity index (χ0) is 38.9. The van der Waals surface area contributed by atoms with Gasteiger partial charge in [0.15, 0.2) is 6.23 Å². The van der Waals surface area contributed by atoms with Crippen molar-refractivity contribution in [1.82, 2.24) is 30.1 Å². The van der Waals surface area contributed by atoms with Crippen LogP contribution in [0, 0.1) is 18.8 Å². The Morgan fingerprint density at radius 1 is 1.00 bits per heavy atom. The molecule has 56 heavy (non-hydrogen) atoms. The van der Waals surface area contributed by atoms with E-state index in [2.05, 4.69) is 30.8 Å². The topological polar surface area (TPSA) is 179 Å². The van der Waals surface area contributed by atoms with Crippen molar-refractivity contribution in [2.75, 3.05) is 43.9 Å². The summed E-state index contributed by atoms with van der Waals surface area (Å²) >= 11 is 1.70. The Balaban J connectivity index is 0.788. The van der Waals surface area contributed by atoms with E-state index in [1.54, 1.807) is 49.8 Å². The summed E-state index contributed by atoms with van der Waals surface area (Å²) < 4.78 is 6.64. The van der Waals surface area contributed by atoms with Crippen molar-refractivity contribution in [3.05, 3.63) is 70.2 Å². The molecule has 14 nitrogen and oxygen atoms in total. The van der Waals surface area contributed by atoms with Crippen LogP contribution < -0.4 is 20.7 Å². The number of imide groups is 1. The standard InChI is InChI=1S/C41H48N8O6S/c1-23-42-17-13-29(44-23)37(51)45-30-21-34-31(20-33(30)55-2)46-39(56-34)26-8-6-25(7-9-26)22-48-18-14-24(15-19-48)12-16-43-28-5-3-4-27-36(28)41(54)49(40(27)53)32-10-11-35(50)47-38(32)52/h3-5,13,17,20-21,24-26,32,41,43,54H,6-12,14-16,18-19,22H2,1-2H3,(H,45,51)(H,47,50,52). The lowest BCUT2D eigenvalue weighted by Gasteiger charge is -2.36. The Hall–Kier alpha value is -4.99. The molecule has 4 aliphatic rings. The Morgan fingerprint density at radius 2 is 1.80 bits per heavy atom. The van der Waals surface area contributed by atoms with Crippen molar-refractivity contribution in [2.24, 2.45) is 11.8 Å². The van der Waals surface area contributed by atoms with Crippen LogP contribution in [0.2, 0.25) is 0 Å². The molecule has 0 spiro atoms. The van der Waals surface area contributed by atoms with E-state index in [0.29, 0.717) is 57.5 Å². The summed E-state index contributed by atoms with van der Waals surface area (Å²) in [6.07, 6.45) is 8.55. The summed E-state index contributed by atoms with van der Waals surface area (Å²) in [5.74, 6) is 1.20. The van der Waals surface area contributed by atoms with Gasteiger partial charge in [-0.3, -0.25) is 29.4 Å². The molecule has 8 rings (SSSR count). The minimum Gasteiger partial charge on any atom is -0.494 e. The predicted octanol–water partition coefficient (Wildman–Crippen LogP) is 5.40. The van der Waals surface area contributed by atoms with Crippen molar-refractivity contribution in [3.8, 4) is 5.75 Å². The Labute approximate surface area is 329 Å². The number of aliphatic hydroxyl groups excluding tert-OH is 1. The zero-order valence-electron chi connectivity index (χ0n) is 31.8. The second kappa shape index (κ2) is 16.2. The molecule has 2 aromatic carbocycles. The number of aryl methyl sites for hydroxylation is 1. The van der Waals surface area contributed by atoms with Crippen molar-refractivity contribution in [1.29, 1.82) is 0 Å². The lowest BCUT2D eigenvalue weighted by atomic mass is 9.81. The van der Waals surface area contributed by atoms with E-state index >= 15 is 0 Å². The molecule has 3 aliphatic heterocycles. The summed E-state index contributed by atoms with van der Waals surface area (Å²) in [7, 11) is 1.59. The molecule has 1 saturated carbocycles. The predicted molar refractivity (Wildman–Crippen MR) is 212 cm³/mol. The quantitative estimate of drug-likeness (QED) is 0.143. The fraction of sp³-hybridized carbons (Fsp3) is 0.488. The van der Waals surface area contributed by atoms with Gasteiger partial charge >= 0.3 is 0 Å². The lowest BCUT2D eigenvalue weighted by Crippen LogP contribution is -2.53. The molecule has 2 aromatic heterocycles. The summed E-state index contributed by atoms with van der Waals surface area (Å²) in [5, 5.41) is 21.1. The number of anilines is 2. The van der Waals surface area contributed by atoms with Gasteiger partial charge in [-0.2, -0.15) is 0 Å². The first-order chi connectivity index (χ1) is 27.1. The largest absolute Gasteiger partial charge is 0.494 e. The molecule has 294 valence electrons. The highest BCUT2D eigenvalue weighted by Gasteiger charge is 2.45. The number of carbonyl (C=O) groups is 4. The van der Waals surface area contributed by atoms with Gasteiger partial charge in [-0.25, -0.2) is 15.0 Å². The highest BCUT2D eigenvalue weighted by atomic mass is 32.1. The maximum Gasteiger partial charge on any atom is 0.274 e. The molecule has 3 fully saturated rings. The van der Waals surface area contributed by atoms with E-state index in [1.807, 2.05) is 18.2 Å². The molecule has 4 amide bonds. The number of aromatic nitrogens is 3. The number of carbonyl (C=O) groups excluding carboxylic acids is 4. The number of methoxy groups -OCH3 is 1. The zero-order valence-corrected chi connectivity index (χ0v) is 32.6. The number of hydrogen-bond donors (Lipinski definition) is 4. The van der Waals surface area contributed by atoms with Crippen LogP contribution in [0.25, 0.3) is 10.2 Å². The van der Waals surface area contributed by atoms with Gasteiger partial charge in [-0.1, -0.05) is 6.07 Å². The van der Waals surface area contributed by atoms with Crippen molar-refractivity contribution >= 4 is 56.6 Å². The highest BCUT2D eigenvalue weighted by molar-refractivity contribution is 7.18. The van der Waals surface area contributed by atoms with Crippen molar-refractivity contribution in [3.63, 3.8) is 0 Å². The SMILES string of the molecule is COc1cc2nc(C3CCC(CN4CCC(CCNc5cccc6c5C(O)N(C5CCC(=O)NC5=O)C6=O)CC4)CC3)sc2cc1NC(=O)c1ccnc(C)n1. The normalized spacial score (nSPS) is 23.3. The third-order valence-electron chi connectivity index (χ3n) is 11.9. The number of nitrogens with one attached hydrogen (secondary N) is 3. The van der Waals surface area contributed by atoms with Gasteiger partial charge in [0.25, 0.3) is 11.8 Å². The summed E-state index contributed by atoms with van der Waals surface area (Å²) in [5.41, 5.74) is 3.38. The van der Waals surface area contributed by atoms with Gasteiger partial charge in [0.05, 0.1) is 28.0 Å². The van der Waals surface area contributed by atoms with Crippen LogP contribution in [0.3, 0.4) is 0 Å². The van der Waals surface area contributed by atoms with Gasteiger partial charge in [-0.15, -0.1) is 11.3 Å². The van der Waals surface area contributed by atoms with Crippen LogP contribution in [0.1, 0.15) is 107 Å². The average molecular weight is 781 g/mol. The molecule has 4 N–H and O–H groups in total. The molecule has 4 aromatic rings. The van der Waals surface area contributed by atoms with Crippen LogP contribution in [-0.2, 0) is 9.59 Å². The number of fused-ring (bicyclic) bond motifs is 2. The molecule has 1 aliphatic carbocycles. The lowest BCUT2D eigenvalue weighted by molar-refractivity contribution is -0.139. The fourth-order valence-corrected chi connectivity index (χ4v) is 10.00. The van der Waals surface area contributed by atoms with Gasteiger partial charge in [0, 0.05) is 54.5 Å². The first-order valence-electron chi connectivity index (χ1n) is 19.7. The molecule has 0 bridgehead atoms. The summed E-state index contributed by atoms with van der Waals surface area (Å²) in [6, 6.07) is 9.92. The smallest absolute Gasteiger partial charge is 0.274 e. The Bertz CT molecular complexity index is 2140. The average Bonchev–Trinajstić information content (AvgIpc) is 3.73. The van der Waals surface area contributed by atoms with E-state index < -0.39 is 24.1 Å². The number of nitrogens with zero attached hydrogens (tertiary/aromatic N) is 5. The second-order valence-electron chi connectivity index (χ2n) is 15.5. The molecular weight excluding hydrogens is 733 g/mol. The Morgan fingerprint density at radius 3 is 2.55 bits per heavy atom. The van der Waals surface area contributed by atoms with Crippen LogP contribution in [-0.4, -0.2) is 92.8 Å². The first-order valence-corrected chi connectivity index (χ1v) is 20.5. The maximum absolute atomic E-state index is 13.2. The minimum absolute atomic E-state index is 0.134. The number of thiazole rings is 1. The van der Waals surface area contributed by atoms with Crippen LogP contribution >= 0.6 is 11.3 Å². The molecule has 5 heterocycles. The van der Waals surface area contributed by atoms with E-state index in [4.69, 9.17) is 9.72 Å². The van der Waals surface area contributed by atoms with Gasteiger partial charge in [0.1, 0.15) is 23.3 Å². The second-order valence-corrected chi connectivity index (χ2v) is 16.6. The third-order valence-corrected chi connectivity index (χ3v) is 13.1. The monoisotopic (exact) mass is 780 g/mol. The maximum atomic E-state index is 13.2. The van der Waals surface area contributed by atoms with Gasteiger partial charge in [-0.05, 0) is 107 Å². The van der Waals surface area contributed by atoms with Crippen molar-refractivity contribution in [2.45, 2.75) is 82.9 Å². The van der Waals surface area contributed by atoms with Crippen LogP contribution in [0.15, 0.2) is 42.6 Å². The molecule has 2 unspecified atom stereocenters. The summed E-state index contributed by atoms with van der Waals surface area (Å²) in [4.78, 5) is 67.5. The number of rotatable bonds is 11. The molecule has 2 saturated heterocycles.